The van der Waals surface area contributed by atoms with Crippen LogP contribution >= 0.6 is 0 Å². The molecule has 0 spiro atoms. The standard InChI is InChI=1S/C17H14N2O/c1-12-6-2-5-9-15(12)19-17(20)16-14-8-4-3-7-13(14)10-11-18-16/h2-11H,1H3,(H,19,20). The molecule has 98 valence electrons. The minimum absolute atomic E-state index is 0.184. The van der Waals surface area contributed by atoms with Crippen LogP contribution in [0.4, 0.5) is 5.69 Å². The molecule has 1 amide bonds. The number of hydrogen-bond acceptors (Lipinski definition) is 2. The average molecular weight is 262 g/mol. The molecule has 0 radical (unpaired) electrons. The van der Waals surface area contributed by atoms with Gasteiger partial charge in [-0.1, -0.05) is 42.5 Å². The molecular weight excluding hydrogens is 248 g/mol. The number of nitrogens with zero attached hydrogens (tertiary/aromatic N) is 1. The number of rotatable bonds is 2. The van der Waals surface area contributed by atoms with Crippen LogP contribution in [0.1, 0.15) is 16.1 Å². The fraction of sp³-hybridized carbons (Fsp3) is 0.0588. The lowest BCUT2D eigenvalue weighted by atomic mass is 10.1. The number of amides is 1. The monoisotopic (exact) mass is 262 g/mol. The summed E-state index contributed by atoms with van der Waals surface area (Å²) in [7, 11) is 0. The third-order valence-corrected chi connectivity index (χ3v) is 3.28. The fourth-order valence-electron chi connectivity index (χ4n) is 2.20. The highest BCUT2D eigenvalue weighted by Crippen LogP contribution is 2.19. The van der Waals surface area contributed by atoms with E-state index in [0.29, 0.717) is 5.69 Å². The second-order valence-corrected chi connectivity index (χ2v) is 4.65. The van der Waals surface area contributed by atoms with Gasteiger partial charge in [0.05, 0.1) is 0 Å². The van der Waals surface area contributed by atoms with E-state index in [0.717, 1.165) is 22.0 Å². The number of hydrogen-bond donors (Lipinski definition) is 1. The Bertz CT molecular complexity index is 775. The van der Waals surface area contributed by atoms with Gasteiger partial charge in [-0.05, 0) is 30.0 Å². The van der Waals surface area contributed by atoms with Crippen LogP contribution < -0.4 is 5.32 Å². The lowest BCUT2D eigenvalue weighted by molar-refractivity contribution is 0.102. The van der Waals surface area contributed by atoms with Crippen molar-refractivity contribution in [3.8, 4) is 0 Å². The zero-order valence-corrected chi connectivity index (χ0v) is 11.1. The molecule has 1 heterocycles. The number of carbonyl (C=O) groups is 1. The number of fused-ring (bicyclic) bond motifs is 1. The van der Waals surface area contributed by atoms with Crippen molar-refractivity contribution in [2.45, 2.75) is 6.92 Å². The molecule has 0 unspecified atom stereocenters. The van der Waals surface area contributed by atoms with Gasteiger partial charge in [-0.15, -0.1) is 0 Å². The van der Waals surface area contributed by atoms with Crippen LogP contribution in [-0.4, -0.2) is 10.9 Å². The van der Waals surface area contributed by atoms with Gasteiger partial charge < -0.3 is 5.32 Å². The van der Waals surface area contributed by atoms with Crippen molar-refractivity contribution in [3.63, 3.8) is 0 Å². The largest absolute Gasteiger partial charge is 0.320 e. The summed E-state index contributed by atoms with van der Waals surface area (Å²) >= 11 is 0. The maximum absolute atomic E-state index is 12.4. The number of nitrogens with one attached hydrogen (secondary N) is 1. The number of carbonyl (C=O) groups excluding carboxylic acids is 1. The van der Waals surface area contributed by atoms with E-state index in [1.807, 2.05) is 61.5 Å². The number of para-hydroxylation sites is 1. The van der Waals surface area contributed by atoms with E-state index < -0.39 is 0 Å². The molecular formula is C17H14N2O. The molecule has 20 heavy (non-hydrogen) atoms. The Labute approximate surface area is 117 Å². The first kappa shape index (κ1) is 12.4. The Morgan fingerprint density at radius 1 is 1.00 bits per heavy atom. The molecule has 1 N–H and O–H groups in total. The van der Waals surface area contributed by atoms with Gasteiger partial charge in [-0.2, -0.15) is 0 Å². The summed E-state index contributed by atoms with van der Waals surface area (Å²) in [6, 6.07) is 17.3. The van der Waals surface area contributed by atoms with Crippen LogP contribution in [0.5, 0.6) is 0 Å². The summed E-state index contributed by atoms with van der Waals surface area (Å²) in [5, 5.41) is 4.79. The van der Waals surface area contributed by atoms with Crippen LogP contribution in [0.15, 0.2) is 60.8 Å². The minimum atomic E-state index is -0.184. The summed E-state index contributed by atoms with van der Waals surface area (Å²) in [6.07, 6.45) is 1.66. The zero-order chi connectivity index (χ0) is 13.9. The lowest BCUT2D eigenvalue weighted by Crippen LogP contribution is -2.14. The van der Waals surface area contributed by atoms with E-state index in [2.05, 4.69) is 10.3 Å². The molecule has 0 aliphatic heterocycles. The van der Waals surface area contributed by atoms with E-state index in [4.69, 9.17) is 0 Å². The van der Waals surface area contributed by atoms with E-state index in [1.54, 1.807) is 6.20 Å². The number of aromatic nitrogens is 1. The van der Waals surface area contributed by atoms with Crippen molar-refractivity contribution < 1.29 is 4.79 Å². The van der Waals surface area contributed by atoms with Crippen molar-refractivity contribution in [1.29, 1.82) is 0 Å². The Morgan fingerprint density at radius 3 is 2.60 bits per heavy atom. The Hall–Kier alpha value is -2.68. The smallest absolute Gasteiger partial charge is 0.274 e. The molecule has 0 atom stereocenters. The van der Waals surface area contributed by atoms with Gasteiger partial charge in [0, 0.05) is 17.3 Å². The molecule has 0 fully saturated rings. The van der Waals surface area contributed by atoms with Crippen molar-refractivity contribution in [2.75, 3.05) is 5.32 Å². The maximum atomic E-state index is 12.4. The maximum Gasteiger partial charge on any atom is 0.274 e. The first-order valence-electron chi connectivity index (χ1n) is 6.46. The van der Waals surface area contributed by atoms with E-state index in [-0.39, 0.29) is 5.91 Å². The summed E-state index contributed by atoms with van der Waals surface area (Å²) in [4.78, 5) is 16.6. The van der Waals surface area contributed by atoms with Crippen LogP contribution in [0.2, 0.25) is 0 Å². The predicted molar refractivity (Wildman–Crippen MR) is 80.9 cm³/mol. The molecule has 3 heteroatoms. The summed E-state index contributed by atoms with van der Waals surface area (Å²) < 4.78 is 0. The fourth-order valence-corrected chi connectivity index (χ4v) is 2.20. The highest BCUT2D eigenvalue weighted by atomic mass is 16.1. The van der Waals surface area contributed by atoms with Gasteiger partial charge in [-0.3, -0.25) is 9.78 Å². The number of anilines is 1. The van der Waals surface area contributed by atoms with Crippen molar-refractivity contribution >= 4 is 22.4 Å². The first-order chi connectivity index (χ1) is 9.75. The van der Waals surface area contributed by atoms with Crippen LogP contribution in [-0.2, 0) is 0 Å². The van der Waals surface area contributed by atoms with Gasteiger partial charge in [0.1, 0.15) is 5.69 Å². The van der Waals surface area contributed by atoms with E-state index >= 15 is 0 Å². The Balaban J connectivity index is 1.99. The minimum Gasteiger partial charge on any atom is -0.320 e. The predicted octanol–water partition coefficient (Wildman–Crippen LogP) is 3.80. The van der Waals surface area contributed by atoms with E-state index in [1.165, 1.54) is 0 Å². The second-order valence-electron chi connectivity index (χ2n) is 4.65. The highest BCUT2D eigenvalue weighted by molar-refractivity contribution is 6.11. The van der Waals surface area contributed by atoms with Crippen molar-refractivity contribution in [2.24, 2.45) is 0 Å². The molecule has 0 saturated carbocycles. The molecule has 3 nitrogen and oxygen atoms in total. The van der Waals surface area contributed by atoms with Crippen LogP contribution in [0, 0.1) is 6.92 Å². The van der Waals surface area contributed by atoms with Gasteiger partial charge >= 0.3 is 0 Å². The molecule has 3 aromatic rings. The average Bonchev–Trinajstić information content (AvgIpc) is 2.49. The Kier molecular flexibility index (Phi) is 3.17. The quantitative estimate of drug-likeness (QED) is 0.763. The molecule has 2 aromatic carbocycles. The highest BCUT2D eigenvalue weighted by Gasteiger charge is 2.12. The Morgan fingerprint density at radius 2 is 1.75 bits per heavy atom. The van der Waals surface area contributed by atoms with Crippen molar-refractivity contribution in [3.05, 3.63) is 72.1 Å². The van der Waals surface area contributed by atoms with Crippen LogP contribution in [0.3, 0.4) is 0 Å². The molecule has 3 rings (SSSR count). The molecule has 1 aromatic heterocycles. The summed E-state index contributed by atoms with van der Waals surface area (Å²) in [5.74, 6) is -0.184. The number of benzene rings is 2. The topological polar surface area (TPSA) is 42.0 Å². The van der Waals surface area contributed by atoms with Gasteiger partial charge in [0.2, 0.25) is 0 Å². The van der Waals surface area contributed by atoms with Gasteiger partial charge in [-0.25, -0.2) is 0 Å². The molecule has 0 aliphatic carbocycles. The summed E-state index contributed by atoms with van der Waals surface area (Å²) in [5.41, 5.74) is 2.29. The van der Waals surface area contributed by atoms with E-state index in [9.17, 15) is 4.79 Å². The lowest BCUT2D eigenvalue weighted by Gasteiger charge is -2.09. The van der Waals surface area contributed by atoms with Gasteiger partial charge in [0.25, 0.3) is 5.91 Å². The third-order valence-electron chi connectivity index (χ3n) is 3.28. The first-order valence-corrected chi connectivity index (χ1v) is 6.46. The third kappa shape index (κ3) is 2.26. The second kappa shape index (κ2) is 5.13. The number of pyridine rings is 1. The van der Waals surface area contributed by atoms with Crippen LogP contribution in [0.25, 0.3) is 10.8 Å². The number of aryl methyl sites for hydroxylation is 1. The van der Waals surface area contributed by atoms with Crippen molar-refractivity contribution in [1.82, 2.24) is 4.98 Å². The molecule has 0 bridgehead atoms. The zero-order valence-electron chi connectivity index (χ0n) is 11.1. The van der Waals surface area contributed by atoms with Gasteiger partial charge in [0.15, 0.2) is 0 Å². The summed E-state index contributed by atoms with van der Waals surface area (Å²) in [6.45, 7) is 1.96. The molecule has 0 saturated heterocycles. The normalized spacial score (nSPS) is 10.4. The molecule has 0 aliphatic rings. The SMILES string of the molecule is Cc1ccccc1NC(=O)c1nccc2ccccc12.